The van der Waals surface area contributed by atoms with Gasteiger partial charge >= 0.3 is 5.97 Å². The summed E-state index contributed by atoms with van der Waals surface area (Å²) in [6.45, 7) is 3.26. The van der Waals surface area contributed by atoms with Crippen LogP contribution < -0.4 is 10.6 Å². The molecule has 3 atom stereocenters. The predicted molar refractivity (Wildman–Crippen MR) is 123 cm³/mol. The van der Waals surface area contributed by atoms with Gasteiger partial charge in [-0.3, -0.25) is 9.93 Å². The standard InChI is InChI=1S/C26H27F2N3O2/c1-17(21-12-18(9-10-22(21)27)13-25(32)33-28)15-31-26(19-6-3-2-4-7-19)20-14-24-23(30-16-20)8-5-11-29-24/h2-12,17,20,26,30-31H,13-16H2,1H3/t17-,20+,26+/m0/s1. The van der Waals surface area contributed by atoms with Gasteiger partial charge in [0.25, 0.3) is 0 Å². The van der Waals surface area contributed by atoms with Crippen molar-refractivity contribution < 1.29 is 18.7 Å². The highest BCUT2D eigenvalue weighted by Gasteiger charge is 2.28. The summed E-state index contributed by atoms with van der Waals surface area (Å²) in [5.74, 6) is -1.26. The van der Waals surface area contributed by atoms with Crippen molar-refractivity contribution in [2.45, 2.75) is 31.7 Å². The minimum absolute atomic E-state index is 0.0454. The van der Waals surface area contributed by atoms with Crippen LogP contribution in [0.1, 0.15) is 41.3 Å². The second kappa shape index (κ2) is 10.5. The van der Waals surface area contributed by atoms with Crippen LogP contribution in [-0.2, 0) is 22.6 Å². The molecule has 5 nitrogen and oxygen atoms in total. The topological polar surface area (TPSA) is 63.2 Å². The third kappa shape index (κ3) is 5.54. The molecule has 0 amide bonds. The highest BCUT2D eigenvalue weighted by Crippen LogP contribution is 2.32. The maximum atomic E-state index is 14.6. The third-order valence-corrected chi connectivity index (χ3v) is 6.20. The fourth-order valence-electron chi connectivity index (χ4n) is 4.46. The van der Waals surface area contributed by atoms with Gasteiger partial charge in [-0.2, -0.15) is 0 Å². The Kier molecular flexibility index (Phi) is 7.29. The van der Waals surface area contributed by atoms with E-state index >= 15 is 0 Å². The normalized spacial score (nSPS) is 16.9. The van der Waals surface area contributed by atoms with E-state index < -0.39 is 5.97 Å². The number of carbonyl (C=O) groups is 1. The van der Waals surface area contributed by atoms with Crippen molar-refractivity contribution in [1.82, 2.24) is 10.3 Å². The van der Waals surface area contributed by atoms with Gasteiger partial charge in [-0.15, -0.1) is 0 Å². The van der Waals surface area contributed by atoms with Crippen molar-refractivity contribution in [2.75, 3.05) is 18.4 Å². The Morgan fingerprint density at radius 2 is 2.03 bits per heavy atom. The molecular weight excluding hydrogens is 424 g/mol. The predicted octanol–water partition coefficient (Wildman–Crippen LogP) is 4.91. The Morgan fingerprint density at radius 3 is 2.82 bits per heavy atom. The number of carbonyl (C=O) groups excluding carboxylic acids is 1. The molecule has 0 bridgehead atoms. The number of hydrogen-bond donors (Lipinski definition) is 2. The molecule has 2 aromatic carbocycles. The molecule has 1 aliphatic rings. The molecule has 4 rings (SSSR count). The number of anilines is 1. The Bertz CT molecular complexity index is 1090. The smallest absolute Gasteiger partial charge is 0.353 e. The second-order valence-electron chi connectivity index (χ2n) is 8.52. The Balaban J connectivity index is 1.51. The Labute approximate surface area is 192 Å². The van der Waals surface area contributed by atoms with Crippen molar-refractivity contribution in [1.29, 1.82) is 0 Å². The molecular formula is C26H27F2N3O2. The number of fused-ring (bicyclic) bond motifs is 1. The van der Waals surface area contributed by atoms with Crippen molar-refractivity contribution in [3.05, 3.63) is 95.1 Å². The van der Waals surface area contributed by atoms with E-state index in [0.717, 1.165) is 29.9 Å². The number of nitrogens with zero attached hydrogens (tertiary/aromatic N) is 1. The van der Waals surface area contributed by atoms with E-state index in [1.807, 2.05) is 43.5 Å². The number of rotatable bonds is 8. The van der Waals surface area contributed by atoms with Gasteiger partial charge in [-0.05, 0) is 47.2 Å². The number of hydrogen-bond acceptors (Lipinski definition) is 5. The highest BCUT2D eigenvalue weighted by atomic mass is 19.3. The molecule has 33 heavy (non-hydrogen) atoms. The van der Waals surface area contributed by atoms with Crippen molar-refractivity contribution in [2.24, 2.45) is 5.92 Å². The summed E-state index contributed by atoms with van der Waals surface area (Å²) in [7, 11) is 0. The highest BCUT2D eigenvalue weighted by molar-refractivity contribution is 5.71. The second-order valence-corrected chi connectivity index (χ2v) is 8.52. The van der Waals surface area contributed by atoms with Gasteiger partial charge in [0.15, 0.2) is 0 Å². The maximum absolute atomic E-state index is 14.6. The maximum Gasteiger partial charge on any atom is 0.353 e. The summed E-state index contributed by atoms with van der Waals surface area (Å²) in [4.78, 5) is 19.1. The minimum atomic E-state index is -0.999. The van der Waals surface area contributed by atoms with Crippen molar-refractivity contribution >= 4 is 11.7 Å². The Morgan fingerprint density at radius 1 is 1.21 bits per heavy atom. The Hall–Kier alpha value is -3.32. The summed E-state index contributed by atoms with van der Waals surface area (Å²) in [5.41, 5.74) is 4.27. The zero-order chi connectivity index (χ0) is 23.2. The molecule has 172 valence electrons. The van der Waals surface area contributed by atoms with E-state index in [1.165, 1.54) is 12.1 Å². The van der Waals surface area contributed by atoms with Gasteiger partial charge in [-0.1, -0.05) is 49.4 Å². The average Bonchev–Trinajstić information content (AvgIpc) is 2.85. The average molecular weight is 452 g/mol. The fourth-order valence-corrected chi connectivity index (χ4v) is 4.46. The van der Waals surface area contributed by atoms with Crippen LogP contribution in [0, 0.1) is 11.7 Å². The lowest BCUT2D eigenvalue weighted by molar-refractivity contribution is -0.182. The molecule has 0 fully saturated rings. The van der Waals surface area contributed by atoms with Gasteiger partial charge in [0.05, 0.1) is 17.8 Å². The zero-order valence-electron chi connectivity index (χ0n) is 18.4. The van der Waals surface area contributed by atoms with Crippen LogP contribution >= 0.6 is 0 Å². The van der Waals surface area contributed by atoms with E-state index in [4.69, 9.17) is 0 Å². The molecule has 0 aliphatic carbocycles. The third-order valence-electron chi connectivity index (χ3n) is 6.20. The molecule has 0 saturated heterocycles. The van der Waals surface area contributed by atoms with Crippen LogP contribution in [0.5, 0.6) is 0 Å². The van der Waals surface area contributed by atoms with Gasteiger partial charge in [0, 0.05) is 35.8 Å². The summed E-state index contributed by atoms with van der Waals surface area (Å²) >= 11 is 0. The van der Waals surface area contributed by atoms with Crippen LogP contribution in [-0.4, -0.2) is 24.0 Å². The molecule has 0 spiro atoms. The summed E-state index contributed by atoms with van der Waals surface area (Å²) in [6.07, 6.45) is 2.40. The first-order valence-electron chi connectivity index (χ1n) is 11.1. The summed E-state index contributed by atoms with van der Waals surface area (Å²) in [6, 6.07) is 18.6. The van der Waals surface area contributed by atoms with Crippen LogP contribution in [0.2, 0.25) is 0 Å². The van der Waals surface area contributed by atoms with Crippen LogP contribution in [0.3, 0.4) is 0 Å². The molecule has 0 saturated carbocycles. The van der Waals surface area contributed by atoms with Crippen molar-refractivity contribution in [3.8, 4) is 0 Å². The lowest BCUT2D eigenvalue weighted by atomic mass is 9.86. The SMILES string of the molecule is C[C@@H](CN[C@H](c1ccccc1)[C@H]1CNc2cccnc2C1)c1cc(CC(=O)OF)ccc1F. The minimum Gasteiger partial charge on any atom is -0.383 e. The first kappa shape index (κ1) is 22.9. The molecule has 7 heteroatoms. The first-order chi connectivity index (χ1) is 16.0. The van der Waals surface area contributed by atoms with Crippen LogP contribution in [0.25, 0.3) is 0 Å². The number of nitrogens with one attached hydrogen (secondary N) is 2. The zero-order valence-corrected chi connectivity index (χ0v) is 18.4. The first-order valence-corrected chi connectivity index (χ1v) is 11.1. The lowest BCUT2D eigenvalue weighted by Crippen LogP contribution is -2.37. The summed E-state index contributed by atoms with van der Waals surface area (Å²) < 4.78 is 26.7. The van der Waals surface area contributed by atoms with Crippen LogP contribution in [0.4, 0.5) is 14.6 Å². The number of aromatic nitrogens is 1. The number of halogens is 2. The molecule has 1 aliphatic heterocycles. The molecule has 0 radical (unpaired) electrons. The quantitative estimate of drug-likeness (QED) is 0.510. The van der Waals surface area contributed by atoms with E-state index in [0.29, 0.717) is 17.7 Å². The molecule has 2 heterocycles. The largest absolute Gasteiger partial charge is 0.383 e. The number of pyridine rings is 1. The van der Waals surface area contributed by atoms with E-state index in [9.17, 15) is 13.7 Å². The van der Waals surface area contributed by atoms with E-state index in [2.05, 4.69) is 32.7 Å². The number of benzene rings is 2. The van der Waals surface area contributed by atoms with Crippen LogP contribution in [0.15, 0.2) is 66.9 Å². The van der Waals surface area contributed by atoms with E-state index in [-0.39, 0.29) is 30.1 Å². The lowest BCUT2D eigenvalue weighted by Gasteiger charge is -2.33. The van der Waals surface area contributed by atoms with Gasteiger partial charge in [-0.25, -0.2) is 9.18 Å². The van der Waals surface area contributed by atoms with Crippen molar-refractivity contribution in [3.63, 3.8) is 0 Å². The van der Waals surface area contributed by atoms with Gasteiger partial charge in [0.1, 0.15) is 5.82 Å². The molecule has 3 aromatic rings. The molecule has 2 N–H and O–H groups in total. The molecule has 1 aromatic heterocycles. The van der Waals surface area contributed by atoms with Gasteiger partial charge in [0.2, 0.25) is 0 Å². The molecule has 0 unspecified atom stereocenters. The monoisotopic (exact) mass is 451 g/mol. The fraction of sp³-hybridized carbons (Fsp3) is 0.308. The summed E-state index contributed by atoms with van der Waals surface area (Å²) in [5, 5.41) is 7.13. The van der Waals surface area contributed by atoms with Gasteiger partial charge < -0.3 is 10.6 Å². The van der Waals surface area contributed by atoms with E-state index in [1.54, 1.807) is 6.07 Å².